The number of benzene rings is 3. The van der Waals surface area contributed by atoms with Crippen LogP contribution in [0.5, 0.6) is 0 Å². The van der Waals surface area contributed by atoms with Crippen LogP contribution in [-0.4, -0.2) is 9.97 Å². The van der Waals surface area contributed by atoms with E-state index < -0.39 is 5.41 Å². The Bertz CT molecular complexity index is 757. The first kappa shape index (κ1) is 15.3. The van der Waals surface area contributed by atoms with Crippen LogP contribution in [0.15, 0.2) is 110 Å². The first-order valence-corrected chi connectivity index (χ1v) is 8.35. The van der Waals surface area contributed by atoms with Gasteiger partial charge in [0.1, 0.15) is 0 Å². The van der Waals surface area contributed by atoms with Crippen molar-refractivity contribution in [2.45, 2.75) is 5.41 Å². The maximum atomic E-state index is 4.72. The number of aromatic nitrogens is 2. The summed E-state index contributed by atoms with van der Waals surface area (Å²) in [7, 11) is 0. The van der Waals surface area contributed by atoms with Crippen LogP contribution in [0, 0.1) is 0 Å². The fraction of sp³-hybridized carbons (Fsp3) is 0.0435. The average molecular weight is 322 g/mol. The summed E-state index contributed by atoms with van der Waals surface area (Å²) in [6.45, 7) is 0. The van der Waals surface area contributed by atoms with Gasteiger partial charge in [-0.1, -0.05) is 91.0 Å². The predicted molar refractivity (Wildman–Crippen MR) is 100 cm³/mol. The second-order valence-electron chi connectivity index (χ2n) is 5.94. The lowest BCUT2D eigenvalue weighted by Gasteiger charge is -2.35. The summed E-state index contributed by atoms with van der Waals surface area (Å²) in [5.41, 5.74) is 3.94. The third-order valence-corrected chi connectivity index (χ3v) is 4.57. The Balaban J connectivity index is 2.13. The third kappa shape index (κ3) is 2.62. The minimum atomic E-state index is -0.502. The fourth-order valence-corrected chi connectivity index (χ4v) is 3.50. The van der Waals surface area contributed by atoms with Gasteiger partial charge < -0.3 is 0 Å². The van der Waals surface area contributed by atoms with Crippen LogP contribution in [0.2, 0.25) is 0 Å². The van der Waals surface area contributed by atoms with Gasteiger partial charge in [-0.15, -0.1) is 0 Å². The molecule has 4 aromatic rings. The minimum Gasteiger partial charge on any atom is -0.261 e. The van der Waals surface area contributed by atoms with Gasteiger partial charge in [0, 0.05) is 18.6 Å². The molecule has 0 saturated carbocycles. The van der Waals surface area contributed by atoms with E-state index in [4.69, 9.17) is 4.98 Å². The monoisotopic (exact) mass is 322 g/mol. The average Bonchev–Trinajstić information content (AvgIpc) is 2.72. The zero-order chi connectivity index (χ0) is 17.0. The van der Waals surface area contributed by atoms with E-state index >= 15 is 0 Å². The van der Waals surface area contributed by atoms with E-state index in [2.05, 4.69) is 77.8 Å². The molecule has 0 unspecified atom stereocenters. The molecular weight excluding hydrogens is 304 g/mol. The molecule has 120 valence electrons. The van der Waals surface area contributed by atoms with E-state index in [0.717, 1.165) is 5.69 Å². The number of hydrogen-bond acceptors (Lipinski definition) is 2. The SMILES string of the molecule is c1ccc(C(c2ccccc2)(c2ccccc2)c2cnccn2)cc1. The van der Waals surface area contributed by atoms with Crippen molar-refractivity contribution in [3.8, 4) is 0 Å². The molecule has 2 heteroatoms. The van der Waals surface area contributed by atoms with E-state index in [1.54, 1.807) is 12.4 Å². The number of rotatable bonds is 4. The standard InChI is InChI=1S/C23H18N2/c1-4-10-19(11-5-1)23(20-12-6-2-7-13-20,21-14-8-3-9-15-21)22-18-24-16-17-25-22/h1-18H. The van der Waals surface area contributed by atoms with Gasteiger partial charge in [0.05, 0.1) is 11.1 Å². The highest BCUT2D eigenvalue weighted by atomic mass is 14.8. The van der Waals surface area contributed by atoms with Crippen LogP contribution in [0.4, 0.5) is 0 Å². The summed E-state index contributed by atoms with van der Waals surface area (Å²) in [6, 6.07) is 31.6. The highest BCUT2D eigenvalue weighted by molar-refractivity contribution is 5.57. The third-order valence-electron chi connectivity index (χ3n) is 4.57. The Morgan fingerprint density at radius 1 is 0.520 bits per heavy atom. The summed E-state index contributed by atoms with van der Waals surface area (Å²) in [5.74, 6) is 0. The molecule has 0 fully saturated rings. The molecule has 0 aliphatic carbocycles. The van der Waals surface area contributed by atoms with Gasteiger partial charge in [-0.2, -0.15) is 0 Å². The highest BCUT2D eigenvalue weighted by Crippen LogP contribution is 2.43. The highest BCUT2D eigenvalue weighted by Gasteiger charge is 2.39. The largest absolute Gasteiger partial charge is 0.261 e. The van der Waals surface area contributed by atoms with E-state index in [9.17, 15) is 0 Å². The lowest BCUT2D eigenvalue weighted by Crippen LogP contribution is -2.32. The number of nitrogens with zero attached hydrogens (tertiary/aromatic N) is 2. The predicted octanol–water partition coefficient (Wildman–Crippen LogP) is 4.86. The van der Waals surface area contributed by atoms with Gasteiger partial charge >= 0.3 is 0 Å². The topological polar surface area (TPSA) is 25.8 Å². The maximum Gasteiger partial charge on any atom is 0.0889 e. The molecule has 0 saturated heterocycles. The van der Waals surface area contributed by atoms with Gasteiger partial charge in [-0.3, -0.25) is 9.97 Å². The molecule has 0 aliphatic heterocycles. The molecule has 0 amide bonds. The molecule has 0 atom stereocenters. The molecule has 4 rings (SSSR count). The van der Waals surface area contributed by atoms with Gasteiger partial charge in [-0.25, -0.2) is 0 Å². The van der Waals surface area contributed by atoms with Crippen molar-refractivity contribution in [1.82, 2.24) is 9.97 Å². The van der Waals surface area contributed by atoms with Crippen LogP contribution in [-0.2, 0) is 5.41 Å². The quantitative estimate of drug-likeness (QED) is 0.501. The second-order valence-corrected chi connectivity index (χ2v) is 5.94. The maximum absolute atomic E-state index is 4.72. The lowest BCUT2D eigenvalue weighted by atomic mass is 9.67. The summed E-state index contributed by atoms with van der Waals surface area (Å²) >= 11 is 0. The molecule has 0 radical (unpaired) electrons. The molecule has 0 aliphatic rings. The van der Waals surface area contributed by atoms with E-state index in [-0.39, 0.29) is 0 Å². The van der Waals surface area contributed by atoms with Crippen LogP contribution >= 0.6 is 0 Å². The summed E-state index contributed by atoms with van der Waals surface area (Å²) in [5, 5.41) is 0. The van der Waals surface area contributed by atoms with Gasteiger partial charge in [0.2, 0.25) is 0 Å². The molecule has 0 N–H and O–H groups in total. The molecule has 2 nitrogen and oxygen atoms in total. The van der Waals surface area contributed by atoms with Crippen LogP contribution in [0.1, 0.15) is 22.4 Å². The Morgan fingerprint density at radius 3 is 1.32 bits per heavy atom. The first-order chi connectivity index (χ1) is 12.4. The Morgan fingerprint density at radius 2 is 0.960 bits per heavy atom. The van der Waals surface area contributed by atoms with E-state index in [1.807, 2.05) is 24.4 Å². The van der Waals surface area contributed by atoms with Crippen LogP contribution in [0.3, 0.4) is 0 Å². The lowest BCUT2D eigenvalue weighted by molar-refractivity contribution is 0.707. The molecule has 1 aromatic heterocycles. The molecule has 0 spiro atoms. The Hall–Kier alpha value is -3.26. The molecule has 1 heterocycles. The van der Waals surface area contributed by atoms with Crippen molar-refractivity contribution >= 4 is 0 Å². The van der Waals surface area contributed by atoms with Crippen LogP contribution in [0.25, 0.3) is 0 Å². The van der Waals surface area contributed by atoms with Crippen molar-refractivity contribution in [2.24, 2.45) is 0 Å². The molecular formula is C23H18N2. The van der Waals surface area contributed by atoms with E-state index in [0.29, 0.717) is 0 Å². The van der Waals surface area contributed by atoms with Crippen molar-refractivity contribution in [2.75, 3.05) is 0 Å². The Labute approximate surface area is 147 Å². The minimum absolute atomic E-state index is 0.502. The normalized spacial score (nSPS) is 11.2. The van der Waals surface area contributed by atoms with Gasteiger partial charge in [-0.05, 0) is 16.7 Å². The summed E-state index contributed by atoms with van der Waals surface area (Å²) in [4.78, 5) is 9.08. The zero-order valence-electron chi connectivity index (χ0n) is 13.8. The van der Waals surface area contributed by atoms with Crippen molar-refractivity contribution in [3.63, 3.8) is 0 Å². The van der Waals surface area contributed by atoms with Gasteiger partial charge in [0.25, 0.3) is 0 Å². The summed E-state index contributed by atoms with van der Waals surface area (Å²) < 4.78 is 0. The number of hydrogen-bond donors (Lipinski definition) is 0. The molecule has 0 bridgehead atoms. The van der Waals surface area contributed by atoms with Crippen molar-refractivity contribution < 1.29 is 0 Å². The molecule has 3 aromatic carbocycles. The Kier molecular flexibility index (Phi) is 4.09. The first-order valence-electron chi connectivity index (χ1n) is 8.35. The molecule has 25 heavy (non-hydrogen) atoms. The summed E-state index contributed by atoms with van der Waals surface area (Å²) in [6.07, 6.45) is 5.35. The van der Waals surface area contributed by atoms with E-state index in [1.165, 1.54) is 16.7 Å². The van der Waals surface area contributed by atoms with Crippen molar-refractivity contribution in [3.05, 3.63) is 132 Å². The zero-order valence-corrected chi connectivity index (χ0v) is 13.8. The van der Waals surface area contributed by atoms with Gasteiger partial charge in [0.15, 0.2) is 0 Å². The second kappa shape index (κ2) is 6.70. The smallest absolute Gasteiger partial charge is 0.0889 e. The fourth-order valence-electron chi connectivity index (χ4n) is 3.50. The van der Waals surface area contributed by atoms with Crippen molar-refractivity contribution in [1.29, 1.82) is 0 Å². The van der Waals surface area contributed by atoms with Crippen LogP contribution < -0.4 is 0 Å².